The molecule has 0 heterocycles. The number of nitrogens with zero attached hydrogens (tertiary/aromatic N) is 1. The molecule has 20 heavy (non-hydrogen) atoms. The molecule has 1 aliphatic carbocycles. The number of rotatable bonds is 5. The Bertz CT molecular complexity index is 412. The van der Waals surface area contributed by atoms with Gasteiger partial charge >= 0.3 is 0 Å². The molecule has 1 saturated carbocycles. The lowest BCUT2D eigenvalue weighted by Gasteiger charge is -2.36. The molecule has 2 heteroatoms. The Morgan fingerprint density at radius 3 is 2.55 bits per heavy atom. The van der Waals surface area contributed by atoms with Crippen LogP contribution in [0.2, 0.25) is 0 Å². The number of anilines is 1. The number of hydrogen-bond acceptors (Lipinski definition) is 2. The van der Waals surface area contributed by atoms with E-state index in [-0.39, 0.29) is 0 Å². The second-order valence-electron chi connectivity index (χ2n) is 6.84. The fourth-order valence-corrected chi connectivity index (χ4v) is 3.48. The van der Waals surface area contributed by atoms with Gasteiger partial charge in [-0.15, -0.1) is 0 Å². The van der Waals surface area contributed by atoms with Crippen LogP contribution in [0, 0.1) is 11.8 Å². The van der Waals surface area contributed by atoms with Crippen LogP contribution in [0.5, 0.6) is 0 Å². The molecule has 2 rings (SSSR count). The largest absolute Gasteiger partial charge is 0.382 e. The molecule has 1 fully saturated rings. The van der Waals surface area contributed by atoms with Crippen LogP contribution in [0.3, 0.4) is 0 Å². The smallest absolute Gasteiger partial charge is 0.0388 e. The second-order valence-corrected chi connectivity index (χ2v) is 6.84. The predicted molar refractivity (Wildman–Crippen MR) is 88.0 cm³/mol. The van der Waals surface area contributed by atoms with Crippen molar-refractivity contribution >= 4 is 5.69 Å². The molecule has 1 N–H and O–H groups in total. The molecule has 0 bridgehead atoms. The molecule has 0 radical (unpaired) electrons. The lowest BCUT2D eigenvalue weighted by Crippen LogP contribution is -2.35. The molecule has 2 nitrogen and oxygen atoms in total. The van der Waals surface area contributed by atoms with Crippen molar-refractivity contribution < 1.29 is 0 Å². The minimum Gasteiger partial charge on any atom is -0.382 e. The molecule has 1 aromatic rings. The van der Waals surface area contributed by atoms with Gasteiger partial charge in [-0.3, -0.25) is 0 Å². The van der Waals surface area contributed by atoms with Gasteiger partial charge in [0.05, 0.1) is 0 Å². The van der Waals surface area contributed by atoms with Crippen molar-refractivity contribution in [1.82, 2.24) is 4.90 Å². The van der Waals surface area contributed by atoms with Crippen molar-refractivity contribution in [2.24, 2.45) is 11.8 Å². The van der Waals surface area contributed by atoms with Crippen LogP contribution in [0.1, 0.15) is 45.1 Å². The summed E-state index contributed by atoms with van der Waals surface area (Å²) >= 11 is 0. The second kappa shape index (κ2) is 7.12. The van der Waals surface area contributed by atoms with Crippen LogP contribution in [0.15, 0.2) is 24.3 Å². The standard InChI is InChI=1S/C18H30N2/c1-14(2)16-10-6-8-12-18(16)19-17-11-7-5-9-15(17)13-20(3)4/h5,7,9,11,14,16,18-19H,6,8,10,12-13H2,1-4H3. The van der Waals surface area contributed by atoms with E-state index in [0.29, 0.717) is 6.04 Å². The Hall–Kier alpha value is -1.02. The summed E-state index contributed by atoms with van der Waals surface area (Å²) in [6.45, 7) is 5.75. The van der Waals surface area contributed by atoms with Crippen LogP contribution >= 0.6 is 0 Å². The molecule has 2 atom stereocenters. The highest BCUT2D eigenvalue weighted by Crippen LogP contribution is 2.33. The molecule has 0 aromatic heterocycles. The van der Waals surface area contributed by atoms with Gasteiger partial charge in [0.2, 0.25) is 0 Å². The summed E-state index contributed by atoms with van der Waals surface area (Å²) in [7, 11) is 4.27. The van der Waals surface area contributed by atoms with Gasteiger partial charge in [0.25, 0.3) is 0 Å². The number of nitrogens with one attached hydrogen (secondary N) is 1. The average molecular weight is 274 g/mol. The van der Waals surface area contributed by atoms with E-state index in [1.165, 1.54) is 36.9 Å². The molecule has 0 aliphatic heterocycles. The van der Waals surface area contributed by atoms with E-state index in [9.17, 15) is 0 Å². The zero-order chi connectivity index (χ0) is 14.5. The lowest BCUT2D eigenvalue weighted by atomic mass is 9.77. The Morgan fingerprint density at radius 1 is 1.15 bits per heavy atom. The van der Waals surface area contributed by atoms with Crippen LogP contribution in [-0.2, 0) is 6.54 Å². The lowest BCUT2D eigenvalue weighted by molar-refractivity contribution is 0.253. The van der Waals surface area contributed by atoms with Crippen LogP contribution in [0.4, 0.5) is 5.69 Å². The van der Waals surface area contributed by atoms with Crippen LogP contribution in [0.25, 0.3) is 0 Å². The van der Waals surface area contributed by atoms with E-state index in [2.05, 4.69) is 62.4 Å². The molecule has 1 aliphatic rings. The predicted octanol–water partition coefficient (Wildman–Crippen LogP) is 4.37. The van der Waals surface area contributed by atoms with Gasteiger partial charge in [0.1, 0.15) is 0 Å². The highest BCUT2D eigenvalue weighted by molar-refractivity contribution is 5.52. The van der Waals surface area contributed by atoms with E-state index < -0.39 is 0 Å². The first-order chi connectivity index (χ1) is 9.58. The van der Waals surface area contributed by atoms with E-state index >= 15 is 0 Å². The summed E-state index contributed by atoms with van der Waals surface area (Å²) < 4.78 is 0. The zero-order valence-corrected chi connectivity index (χ0v) is 13.5. The molecular weight excluding hydrogens is 244 g/mol. The molecule has 112 valence electrons. The normalized spacial score (nSPS) is 23.3. The van der Waals surface area contributed by atoms with Gasteiger partial charge < -0.3 is 10.2 Å². The fraction of sp³-hybridized carbons (Fsp3) is 0.667. The zero-order valence-electron chi connectivity index (χ0n) is 13.5. The molecular formula is C18H30N2. The van der Waals surface area contributed by atoms with Crippen molar-refractivity contribution in [3.8, 4) is 0 Å². The van der Waals surface area contributed by atoms with Gasteiger partial charge in [0.15, 0.2) is 0 Å². The first-order valence-electron chi connectivity index (χ1n) is 8.07. The quantitative estimate of drug-likeness (QED) is 0.857. The summed E-state index contributed by atoms with van der Waals surface area (Å²) in [4.78, 5) is 2.24. The highest BCUT2D eigenvalue weighted by atomic mass is 15.1. The van der Waals surface area contributed by atoms with Gasteiger partial charge in [0, 0.05) is 18.3 Å². The van der Waals surface area contributed by atoms with E-state index in [1.54, 1.807) is 0 Å². The van der Waals surface area contributed by atoms with E-state index in [4.69, 9.17) is 0 Å². The molecule has 0 spiro atoms. The van der Waals surface area contributed by atoms with Crippen LogP contribution < -0.4 is 5.32 Å². The van der Waals surface area contributed by atoms with E-state index in [0.717, 1.165) is 18.4 Å². The van der Waals surface area contributed by atoms with Gasteiger partial charge in [-0.05, 0) is 50.4 Å². The first kappa shape index (κ1) is 15.4. The Morgan fingerprint density at radius 2 is 1.85 bits per heavy atom. The van der Waals surface area contributed by atoms with Crippen LogP contribution in [-0.4, -0.2) is 25.0 Å². The highest BCUT2D eigenvalue weighted by Gasteiger charge is 2.27. The first-order valence-corrected chi connectivity index (χ1v) is 8.07. The molecule has 1 aromatic carbocycles. The molecule has 0 amide bonds. The molecule has 0 saturated heterocycles. The topological polar surface area (TPSA) is 15.3 Å². The number of hydrogen-bond donors (Lipinski definition) is 1. The van der Waals surface area contributed by atoms with Gasteiger partial charge in [-0.25, -0.2) is 0 Å². The minimum absolute atomic E-state index is 0.645. The maximum absolute atomic E-state index is 3.86. The Kier molecular flexibility index (Phi) is 5.47. The van der Waals surface area contributed by atoms with Gasteiger partial charge in [-0.1, -0.05) is 44.9 Å². The summed E-state index contributed by atoms with van der Waals surface area (Å²) in [5.41, 5.74) is 2.74. The van der Waals surface area contributed by atoms with E-state index in [1.807, 2.05) is 0 Å². The van der Waals surface area contributed by atoms with Gasteiger partial charge in [-0.2, -0.15) is 0 Å². The van der Waals surface area contributed by atoms with Crippen molar-refractivity contribution in [3.05, 3.63) is 29.8 Å². The summed E-state index contributed by atoms with van der Waals surface area (Å²) in [5.74, 6) is 1.59. The third-order valence-corrected chi connectivity index (χ3v) is 4.52. The summed E-state index contributed by atoms with van der Waals surface area (Å²) in [5, 5.41) is 3.86. The summed E-state index contributed by atoms with van der Waals surface area (Å²) in [6.07, 6.45) is 5.47. The number of benzene rings is 1. The summed E-state index contributed by atoms with van der Waals surface area (Å²) in [6, 6.07) is 9.42. The van der Waals surface area contributed by atoms with Crippen molar-refractivity contribution in [2.75, 3.05) is 19.4 Å². The SMILES string of the molecule is CC(C)C1CCCCC1Nc1ccccc1CN(C)C. The Balaban J connectivity index is 2.11. The van der Waals surface area contributed by atoms with Crippen molar-refractivity contribution in [2.45, 2.75) is 52.1 Å². The maximum atomic E-state index is 3.86. The monoisotopic (exact) mass is 274 g/mol. The molecule has 2 unspecified atom stereocenters. The third-order valence-electron chi connectivity index (χ3n) is 4.52. The Labute approximate surface area is 124 Å². The fourth-order valence-electron chi connectivity index (χ4n) is 3.48. The number of para-hydroxylation sites is 1. The van der Waals surface area contributed by atoms with Crippen molar-refractivity contribution in [3.63, 3.8) is 0 Å². The average Bonchev–Trinajstić information content (AvgIpc) is 2.41. The van der Waals surface area contributed by atoms with Crippen molar-refractivity contribution in [1.29, 1.82) is 0 Å². The minimum atomic E-state index is 0.645. The maximum Gasteiger partial charge on any atom is 0.0388 e. The third kappa shape index (κ3) is 3.99.